The first kappa shape index (κ1) is 16.2. The number of nitrogens with zero attached hydrogens (tertiary/aromatic N) is 1. The number of carbonyl (C=O) groups excluding carboxylic acids is 1. The SMILES string of the molecule is CC(N)C1CCCCN1C(=O)c1cc(=O)c2cc(Br)ccc2[nH]1. The topological polar surface area (TPSA) is 79.2 Å². The number of nitrogens with two attached hydrogens (primary N) is 1. The van der Waals surface area contributed by atoms with Gasteiger partial charge in [-0.1, -0.05) is 15.9 Å². The number of aromatic nitrogens is 1. The van der Waals surface area contributed by atoms with Gasteiger partial charge >= 0.3 is 0 Å². The van der Waals surface area contributed by atoms with Gasteiger partial charge < -0.3 is 15.6 Å². The minimum Gasteiger partial charge on any atom is -0.350 e. The van der Waals surface area contributed by atoms with E-state index in [1.165, 1.54) is 6.07 Å². The van der Waals surface area contributed by atoms with Gasteiger partial charge in [0.15, 0.2) is 5.43 Å². The van der Waals surface area contributed by atoms with Crippen molar-refractivity contribution in [1.29, 1.82) is 0 Å². The van der Waals surface area contributed by atoms with Crippen LogP contribution < -0.4 is 11.2 Å². The maximum atomic E-state index is 12.9. The number of H-pyrrole nitrogens is 1. The number of hydrogen-bond acceptors (Lipinski definition) is 3. The van der Waals surface area contributed by atoms with Crippen molar-refractivity contribution >= 4 is 32.7 Å². The van der Waals surface area contributed by atoms with E-state index in [1.807, 2.05) is 17.9 Å². The highest BCUT2D eigenvalue weighted by molar-refractivity contribution is 9.10. The fourth-order valence-corrected chi connectivity index (χ4v) is 3.61. The van der Waals surface area contributed by atoms with Crippen LogP contribution >= 0.6 is 15.9 Å². The summed E-state index contributed by atoms with van der Waals surface area (Å²) in [5.41, 5.74) is 6.88. The molecule has 5 nitrogen and oxygen atoms in total. The molecule has 1 aromatic heterocycles. The number of aromatic amines is 1. The Hall–Kier alpha value is -1.66. The fraction of sp³-hybridized carbons (Fsp3) is 0.412. The Morgan fingerprint density at radius 3 is 2.91 bits per heavy atom. The van der Waals surface area contributed by atoms with Gasteiger partial charge in [-0.15, -0.1) is 0 Å². The number of amides is 1. The summed E-state index contributed by atoms with van der Waals surface area (Å²) in [6.45, 7) is 2.61. The van der Waals surface area contributed by atoms with Crippen LogP contribution in [0.1, 0.15) is 36.7 Å². The van der Waals surface area contributed by atoms with Gasteiger partial charge in [0.2, 0.25) is 0 Å². The normalized spacial score (nSPS) is 19.8. The first-order chi connectivity index (χ1) is 11.0. The number of pyridine rings is 1. The molecular weight excluding hydrogens is 358 g/mol. The second-order valence-electron chi connectivity index (χ2n) is 6.16. The minimum absolute atomic E-state index is 0.0281. The van der Waals surface area contributed by atoms with Crippen LogP contribution in [0.25, 0.3) is 10.9 Å². The number of nitrogens with one attached hydrogen (secondary N) is 1. The summed E-state index contributed by atoms with van der Waals surface area (Å²) < 4.78 is 0.836. The first-order valence-electron chi connectivity index (χ1n) is 7.86. The molecule has 0 spiro atoms. The van der Waals surface area contributed by atoms with E-state index in [0.717, 1.165) is 23.7 Å². The Kier molecular flexibility index (Phi) is 4.55. The number of fused-ring (bicyclic) bond motifs is 1. The smallest absolute Gasteiger partial charge is 0.270 e. The summed E-state index contributed by atoms with van der Waals surface area (Å²) in [4.78, 5) is 30.1. The lowest BCUT2D eigenvalue weighted by Gasteiger charge is -2.38. The molecule has 1 fully saturated rings. The maximum absolute atomic E-state index is 12.9. The number of benzene rings is 1. The van der Waals surface area contributed by atoms with Crippen LogP contribution in [-0.2, 0) is 0 Å². The quantitative estimate of drug-likeness (QED) is 0.843. The molecule has 23 heavy (non-hydrogen) atoms. The molecule has 3 rings (SSSR count). The largest absolute Gasteiger partial charge is 0.350 e. The van der Waals surface area contributed by atoms with Crippen LogP contribution in [0, 0.1) is 0 Å². The van der Waals surface area contributed by atoms with Crippen molar-refractivity contribution in [2.24, 2.45) is 5.73 Å². The second-order valence-corrected chi connectivity index (χ2v) is 7.07. The summed E-state index contributed by atoms with van der Waals surface area (Å²) in [6, 6.07) is 6.75. The number of hydrogen-bond donors (Lipinski definition) is 2. The molecule has 0 aliphatic carbocycles. The first-order valence-corrected chi connectivity index (χ1v) is 8.66. The highest BCUT2D eigenvalue weighted by Crippen LogP contribution is 2.22. The zero-order valence-electron chi connectivity index (χ0n) is 13.0. The van der Waals surface area contributed by atoms with Crippen LogP contribution in [-0.4, -0.2) is 34.4 Å². The standard InChI is InChI=1S/C17H20BrN3O2/c1-10(19)15-4-2-3-7-21(15)17(23)14-9-16(22)12-8-11(18)5-6-13(12)20-14/h5-6,8-10,15H,2-4,7,19H2,1H3,(H,20,22). The zero-order valence-corrected chi connectivity index (χ0v) is 14.6. The molecule has 0 saturated carbocycles. The second kappa shape index (κ2) is 6.45. The van der Waals surface area contributed by atoms with E-state index in [0.29, 0.717) is 23.1 Å². The van der Waals surface area contributed by atoms with Gasteiger partial charge in [-0.05, 0) is 44.4 Å². The average Bonchev–Trinajstić information content (AvgIpc) is 2.54. The maximum Gasteiger partial charge on any atom is 0.270 e. The third kappa shape index (κ3) is 3.19. The number of rotatable bonds is 2. The van der Waals surface area contributed by atoms with Crippen molar-refractivity contribution in [3.8, 4) is 0 Å². The fourth-order valence-electron chi connectivity index (χ4n) is 3.25. The van der Waals surface area contributed by atoms with Crippen molar-refractivity contribution in [1.82, 2.24) is 9.88 Å². The van der Waals surface area contributed by atoms with Crippen LogP contribution in [0.15, 0.2) is 33.5 Å². The van der Waals surface area contributed by atoms with E-state index in [2.05, 4.69) is 20.9 Å². The van der Waals surface area contributed by atoms with Gasteiger partial charge in [0.25, 0.3) is 5.91 Å². The predicted octanol–water partition coefficient (Wildman–Crippen LogP) is 2.63. The molecule has 1 aliphatic heterocycles. The number of carbonyl (C=O) groups is 1. The van der Waals surface area contributed by atoms with E-state index in [4.69, 9.17) is 5.73 Å². The average molecular weight is 378 g/mol. The summed E-state index contributed by atoms with van der Waals surface area (Å²) >= 11 is 3.36. The molecule has 0 bridgehead atoms. The van der Waals surface area contributed by atoms with Crippen molar-refractivity contribution in [2.45, 2.75) is 38.3 Å². The van der Waals surface area contributed by atoms with Crippen LogP contribution in [0.2, 0.25) is 0 Å². The van der Waals surface area contributed by atoms with E-state index in [1.54, 1.807) is 12.1 Å². The molecule has 2 unspecified atom stereocenters. The summed E-state index contributed by atoms with van der Waals surface area (Å²) in [7, 11) is 0. The third-order valence-electron chi connectivity index (χ3n) is 4.44. The van der Waals surface area contributed by atoms with Gasteiger partial charge in [-0.2, -0.15) is 0 Å². The van der Waals surface area contributed by atoms with Gasteiger partial charge in [0.05, 0.1) is 0 Å². The van der Waals surface area contributed by atoms with Gasteiger partial charge in [0.1, 0.15) is 5.69 Å². The van der Waals surface area contributed by atoms with E-state index < -0.39 is 0 Å². The van der Waals surface area contributed by atoms with Crippen molar-refractivity contribution in [3.05, 3.63) is 44.7 Å². The summed E-state index contributed by atoms with van der Waals surface area (Å²) in [5.74, 6) is -0.145. The third-order valence-corrected chi connectivity index (χ3v) is 4.93. The molecule has 1 saturated heterocycles. The summed E-state index contributed by atoms with van der Waals surface area (Å²) in [5, 5.41) is 0.568. The van der Waals surface area contributed by atoms with Crippen molar-refractivity contribution in [3.63, 3.8) is 0 Å². The van der Waals surface area contributed by atoms with Crippen molar-refractivity contribution in [2.75, 3.05) is 6.54 Å². The van der Waals surface area contributed by atoms with Gasteiger partial charge in [0, 0.05) is 40.1 Å². The number of piperidine rings is 1. The molecule has 6 heteroatoms. The lowest BCUT2D eigenvalue weighted by atomic mass is 9.96. The Balaban J connectivity index is 2.00. The monoisotopic (exact) mass is 377 g/mol. The predicted molar refractivity (Wildman–Crippen MR) is 94.6 cm³/mol. The van der Waals surface area contributed by atoms with E-state index in [9.17, 15) is 9.59 Å². The highest BCUT2D eigenvalue weighted by atomic mass is 79.9. The van der Waals surface area contributed by atoms with E-state index >= 15 is 0 Å². The minimum atomic E-state index is -0.155. The molecule has 122 valence electrons. The Morgan fingerprint density at radius 2 is 2.17 bits per heavy atom. The summed E-state index contributed by atoms with van der Waals surface area (Å²) in [6.07, 6.45) is 2.96. The lowest BCUT2D eigenvalue weighted by molar-refractivity contribution is 0.0578. The molecule has 2 heterocycles. The number of likely N-dealkylation sites (tertiary alicyclic amines) is 1. The number of halogens is 1. The Morgan fingerprint density at radius 1 is 1.39 bits per heavy atom. The van der Waals surface area contributed by atoms with Crippen LogP contribution in [0.3, 0.4) is 0 Å². The van der Waals surface area contributed by atoms with Crippen LogP contribution in [0.4, 0.5) is 0 Å². The molecule has 2 atom stereocenters. The Labute approximate surface area is 143 Å². The van der Waals surface area contributed by atoms with Crippen LogP contribution in [0.5, 0.6) is 0 Å². The molecule has 1 aromatic carbocycles. The lowest BCUT2D eigenvalue weighted by Crippen LogP contribution is -2.51. The highest BCUT2D eigenvalue weighted by Gasteiger charge is 2.30. The van der Waals surface area contributed by atoms with Crippen molar-refractivity contribution < 1.29 is 4.79 Å². The molecule has 0 radical (unpaired) electrons. The zero-order chi connectivity index (χ0) is 16.6. The molecule has 1 amide bonds. The molecule has 1 aliphatic rings. The molecule has 3 N–H and O–H groups in total. The van der Waals surface area contributed by atoms with E-state index in [-0.39, 0.29) is 23.4 Å². The van der Waals surface area contributed by atoms with Gasteiger partial charge in [-0.3, -0.25) is 9.59 Å². The molecule has 2 aromatic rings. The molecular formula is C17H20BrN3O2. The Bertz CT molecular complexity index is 800. The van der Waals surface area contributed by atoms with Gasteiger partial charge in [-0.25, -0.2) is 0 Å².